The number of alkyl carbamates (subject to hydrolysis) is 1. The highest BCUT2D eigenvalue weighted by Gasteiger charge is 2.33. The Morgan fingerprint density at radius 1 is 1.09 bits per heavy atom. The molecular formula is C34H43FN4O6S. The molecule has 10 nitrogen and oxygen atoms in total. The molecule has 3 aromatic rings. The Morgan fingerprint density at radius 2 is 1.87 bits per heavy atom. The smallest absolute Gasteiger partial charge is 0.408 e. The summed E-state index contributed by atoms with van der Waals surface area (Å²) in [5.74, 6) is -0.451. The standard InChI is InChI=1S/C34H43FN4O6S/c1-34(2,3)45-33(41)39-30(12-7-8-19-37-46(42,43)31-13-6-5-11-28(31)35)32(40)38-29-17-14-24-21-25(44-4)15-16-26(24)27(29)20-23-10-9-18-36-22-23/h5-6,9-11,13,15-16,18,21-22,27,29-30,37H,7-8,12,14,17,19-20H2,1-4H3,(H,38,40)(H,39,41)/t27-,29+,30-/m0/s1. The number of nitrogens with one attached hydrogen (secondary N) is 3. The van der Waals surface area contributed by atoms with Crippen LogP contribution in [0.3, 0.4) is 0 Å². The van der Waals surface area contributed by atoms with Gasteiger partial charge in [-0.25, -0.2) is 22.3 Å². The number of ether oxygens (including phenoxy) is 2. The van der Waals surface area contributed by atoms with E-state index in [0.29, 0.717) is 25.7 Å². The van der Waals surface area contributed by atoms with Crippen LogP contribution in [0.2, 0.25) is 0 Å². The molecule has 248 valence electrons. The number of aromatic nitrogens is 1. The van der Waals surface area contributed by atoms with Crippen LogP contribution in [0.4, 0.5) is 9.18 Å². The minimum atomic E-state index is -4.03. The lowest BCUT2D eigenvalue weighted by atomic mass is 9.76. The van der Waals surface area contributed by atoms with E-state index in [2.05, 4.69) is 20.3 Å². The van der Waals surface area contributed by atoms with E-state index >= 15 is 0 Å². The summed E-state index contributed by atoms with van der Waals surface area (Å²) in [7, 11) is -2.40. The highest BCUT2D eigenvalue weighted by atomic mass is 32.2. The van der Waals surface area contributed by atoms with Crippen molar-refractivity contribution in [2.75, 3.05) is 13.7 Å². The van der Waals surface area contributed by atoms with Crippen LogP contribution >= 0.6 is 0 Å². The number of halogens is 1. The van der Waals surface area contributed by atoms with Gasteiger partial charge >= 0.3 is 6.09 Å². The number of methoxy groups -OCH3 is 1. The first-order valence-electron chi connectivity index (χ1n) is 15.5. The first-order chi connectivity index (χ1) is 21.9. The molecule has 3 N–H and O–H groups in total. The molecule has 1 aromatic heterocycles. The van der Waals surface area contributed by atoms with Gasteiger partial charge in [0.05, 0.1) is 7.11 Å². The Bertz CT molecular complexity index is 1600. The zero-order chi connectivity index (χ0) is 33.3. The number of amides is 2. The Balaban J connectivity index is 1.46. The van der Waals surface area contributed by atoms with E-state index in [4.69, 9.17) is 9.47 Å². The molecule has 0 spiro atoms. The average molecular weight is 655 g/mol. The number of sulfonamides is 1. The second-order valence-electron chi connectivity index (χ2n) is 12.4. The first kappa shape index (κ1) is 34.8. The number of hydrogen-bond donors (Lipinski definition) is 3. The highest BCUT2D eigenvalue weighted by molar-refractivity contribution is 7.89. The summed E-state index contributed by atoms with van der Waals surface area (Å²) < 4.78 is 52.4. The molecule has 12 heteroatoms. The summed E-state index contributed by atoms with van der Waals surface area (Å²) in [6.45, 7) is 5.25. The Morgan fingerprint density at radius 3 is 2.57 bits per heavy atom. The fraction of sp³-hybridized carbons (Fsp3) is 0.441. The van der Waals surface area contributed by atoms with Crippen LogP contribution in [-0.2, 0) is 32.4 Å². The van der Waals surface area contributed by atoms with Crippen LogP contribution in [0, 0.1) is 5.82 Å². The summed E-state index contributed by atoms with van der Waals surface area (Å²) in [6.07, 6.45) is 5.91. The third kappa shape index (κ3) is 9.73. The van der Waals surface area contributed by atoms with E-state index < -0.39 is 38.5 Å². The van der Waals surface area contributed by atoms with Crippen molar-refractivity contribution in [1.82, 2.24) is 20.3 Å². The van der Waals surface area contributed by atoms with Gasteiger partial charge in [0.1, 0.15) is 28.1 Å². The topological polar surface area (TPSA) is 136 Å². The van der Waals surface area contributed by atoms with E-state index in [1.165, 1.54) is 23.8 Å². The maximum atomic E-state index is 14.0. The van der Waals surface area contributed by atoms with Gasteiger partial charge in [-0.2, -0.15) is 0 Å². The van der Waals surface area contributed by atoms with Crippen LogP contribution in [0.15, 0.2) is 71.9 Å². The van der Waals surface area contributed by atoms with Gasteiger partial charge in [-0.1, -0.05) is 24.3 Å². The van der Waals surface area contributed by atoms with Crippen molar-refractivity contribution in [3.05, 3.63) is 89.5 Å². The lowest BCUT2D eigenvalue weighted by Crippen LogP contribution is -2.52. The van der Waals surface area contributed by atoms with Gasteiger partial charge in [-0.15, -0.1) is 0 Å². The molecule has 0 radical (unpaired) electrons. The number of hydrogen-bond acceptors (Lipinski definition) is 7. The second-order valence-corrected chi connectivity index (χ2v) is 14.1. The maximum Gasteiger partial charge on any atom is 0.408 e. The van der Waals surface area contributed by atoms with Crippen LogP contribution in [0.25, 0.3) is 0 Å². The van der Waals surface area contributed by atoms with E-state index in [-0.39, 0.29) is 30.8 Å². The predicted octanol–water partition coefficient (Wildman–Crippen LogP) is 5.03. The number of rotatable bonds is 13. The second kappa shape index (κ2) is 15.5. The van der Waals surface area contributed by atoms with Gasteiger partial charge in [-0.3, -0.25) is 9.78 Å². The van der Waals surface area contributed by atoms with Crippen molar-refractivity contribution in [2.24, 2.45) is 0 Å². The molecule has 3 atom stereocenters. The van der Waals surface area contributed by atoms with Gasteiger partial charge in [0, 0.05) is 30.9 Å². The van der Waals surface area contributed by atoms with Gasteiger partial charge in [0.2, 0.25) is 15.9 Å². The quantitative estimate of drug-likeness (QED) is 0.220. The molecule has 1 aliphatic rings. The van der Waals surface area contributed by atoms with E-state index in [9.17, 15) is 22.4 Å². The zero-order valence-electron chi connectivity index (χ0n) is 26.7. The van der Waals surface area contributed by atoms with Crippen LogP contribution in [0.5, 0.6) is 5.75 Å². The van der Waals surface area contributed by atoms with E-state index in [0.717, 1.165) is 29.4 Å². The van der Waals surface area contributed by atoms with Crippen LogP contribution in [0.1, 0.15) is 69.1 Å². The summed E-state index contributed by atoms with van der Waals surface area (Å²) in [4.78, 5) is 30.4. The van der Waals surface area contributed by atoms with Crippen molar-refractivity contribution >= 4 is 22.0 Å². The van der Waals surface area contributed by atoms with Gasteiger partial charge in [0.25, 0.3) is 0 Å². The zero-order valence-corrected chi connectivity index (χ0v) is 27.5. The number of carbonyl (C=O) groups is 2. The molecular weight excluding hydrogens is 611 g/mol. The average Bonchev–Trinajstić information content (AvgIpc) is 3.00. The van der Waals surface area contributed by atoms with Crippen LogP contribution in [-0.4, -0.2) is 56.7 Å². The molecule has 0 bridgehead atoms. The Labute approximate surface area is 270 Å². The fourth-order valence-corrected chi connectivity index (χ4v) is 6.79. The molecule has 46 heavy (non-hydrogen) atoms. The maximum absolute atomic E-state index is 14.0. The monoisotopic (exact) mass is 654 g/mol. The number of benzene rings is 2. The first-order valence-corrected chi connectivity index (χ1v) is 16.9. The van der Waals surface area contributed by atoms with Crippen molar-refractivity contribution in [3.63, 3.8) is 0 Å². The molecule has 2 amide bonds. The largest absolute Gasteiger partial charge is 0.497 e. The minimum Gasteiger partial charge on any atom is -0.497 e. The minimum absolute atomic E-state index is 0.0352. The van der Waals surface area contributed by atoms with Crippen molar-refractivity contribution in [3.8, 4) is 5.75 Å². The van der Waals surface area contributed by atoms with Gasteiger partial charge in [-0.05, 0) is 106 Å². The Hall–Kier alpha value is -4.03. The summed E-state index contributed by atoms with van der Waals surface area (Å²) in [5, 5.41) is 5.92. The van der Waals surface area contributed by atoms with Crippen molar-refractivity contribution in [2.45, 2.75) is 87.8 Å². The van der Waals surface area contributed by atoms with Gasteiger partial charge in [0.15, 0.2) is 0 Å². The summed E-state index contributed by atoms with van der Waals surface area (Å²) >= 11 is 0. The normalized spacial score (nSPS) is 17.0. The van der Waals surface area contributed by atoms with E-state index in [1.54, 1.807) is 34.1 Å². The molecule has 0 saturated heterocycles. The number of aryl methyl sites for hydroxylation is 1. The molecule has 0 saturated carbocycles. The fourth-order valence-electron chi connectivity index (χ4n) is 5.64. The lowest BCUT2D eigenvalue weighted by Gasteiger charge is -2.35. The van der Waals surface area contributed by atoms with Crippen molar-refractivity contribution < 1.29 is 31.9 Å². The van der Waals surface area contributed by atoms with Crippen molar-refractivity contribution in [1.29, 1.82) is 0 Å². The molecule has 0 fully saturated rings. The molecule has 4 rings (SSSR count). The molecule has 1 heterocycles. The lowest BCUT2D eigenvalue weighted by molar-refractivity contribution is -0.124. The molecule has 0 aliphatic heterocycles. The molecule has 0 unspecified atom stereocenters. The summed E-state index contributed by atoms with van der Waals surface area (Å²) in [6, 6.07) is 13.9. The third-order valence-electron chi connectivity index (χ3n) is 7.81. The third-order valence-corrected chi connectivity index (χ3v) is 9.31. The number of pyridine rings is 1. The predicted molar refractivity (Wildman–Crippen MR) is 173 cm³/mol. The van der Waals surface area contributed by atoms with Crippen LogP contribution < -0.4 is 20.1 Å². The Kier molecular flexibility index (Phi) is 11.7. The summed E-state index contributed by atoms with van der Waals surface area (Å²) in [5.41, 5.74) is 2.57. The van der Waals surface area contributed by atoms with E-state index in [1.807, 2.05) is 36.5 Å². The number of carbonyl (C=O) groups excluding carboxylic acids is 2. The number of unbranched alkanes of at least 4 members (excludes halogenated alkanes) is 1. The number of nitrogens with zero attached hydrogens (tertiary/aromatic N) is 1. The number of fused-ring (bicyclic) bond motifs is 1. The van der Waals surface area contributed by atoms with Gasteiger partial charge < -0.3 is 20.1 Å². The molecule has 1 aliphatic carbocycles. The molecule has 2 aromatic carbocycles. The highest BCUT2D eigenvalue weighted by Crippen LogP contribution is 2.36. The SMILES string of the molecule is COc1ccc2c(c1)CC[C@@H](NC(=O)[C@H](CCCCNS(=O)(=O)c1ccccc1F)NC(=O)OC(C)(C)C)[C@H]2Cc1cccnc1.